The maximum atomic E-state index is 11.2. The Morgan fingerprint density at radius 1 is 1.82 bits per heavy atom. The molecule has 2 atom stereocenters. The summed E-state index contributed by atoms with van der Waals surface area (Å²) in [6, 6.07) is 0. The molecule has 0 rings (SSSR count). The average molecular weight is 241 g/mol. The molecular weight excluding hydrogens is 227 g/mol. The number of hydrogen-bond donors (Lipinski definition) is 0. The summed E-state index contributed by atoms with van der Waals surface area (Å²) in [5, 5.41) is 0.740. The first-order valence-electron chi connectivity index (χ1n) is 3.55. The first-order chi connectivity index (χ1) is 5.22. The summed E-state index contributed by atoms with van der Waals surface area (Å²) in [5.74, 6) is 0. The molecule has 0 aromatic rings. The molecule has 0 aliphatic carbocycles. The van der Waals surface area contributed by atoms with Crippen molar-refractivity contribution in [2.75, 3.05) is 11.9 Å². The molecule has 0 radical (unpaired) electrons. The number of allylic oxidation sites excluding steroid dienone is 1. The van der Waals surface area contributed by atoms with Gasteiger partial charge in [-0.2, -0.15) is 0 Å². The topological polar surface area (TPSA) is 26.3 Å². The molecule has 0 fully saturated rings. The van der Waals surface area contributed by atoms with Crippen molar-refractivity contribution in [1.82, 2.24) is 0 Å². The van der Waals surface area contributed by atoms with Crippen LogP contribution >= 0.6 is 24.0 Å². The highest BCUT2D eigenvalue weighted by atomic mass is 79.9. The van der Waals surface area contributed by atoms with Gasteiger partial charge in [0.2, 0.25) is 0 Å². The lowest BCUT2D eigenvalue weighted by molar-refractivity contribution is 0.349. The standard InChI is InChI=1S/C7H14BrO2P/c1-3-4-7(2)11(9)10-6-5-8/h3,7,11H,1,4-6H2,2H3. The monoisotopic (exact) mass is 240 g/mol. The van der Waals surface area contributed by atoms with Crippen molar-refractivity contribution in [3.05, 3.63) is 12.7 Å². The molecule has 2 nitrogen and oxygen atoms in total. The van der Waals surface area contributed by atoms with Crippen LogP contribution in [0.5, 0.6) is 0 Å². The molecule has 0 saturated carbocycles. The SMILES string of the molecule is C=CCC(C)[PH](=O)OCCBr. The third-order valence-corrected chi connectivity index (χ3v) is 3.10. The van der Waals surface area contributed by atoms with Gasteiger partial charge in [-0.25, -0.2) is 0 Å². The maximum absolute atomic E-state index is 11.2. The zero-order chi connectivity index (χ0) is 8.69. The third kappa shape index (κ3) is 5.66. The van der Waals surface area contributed by atoms with E-state index in [1.807, 2.05) is 6.92 Å². The van der Waals surface area contributed by atoms with Crippen molar-refractivity contribution in [3.63, 3.8) is 0 Å². The lowest BCUT2D eigenvalue weighted by Gasteiger charge is -2.07. The van der Waals surface area contributed by atoms with Gasteiger partial charge in [-0.15, -0.1) is 6.58 Å². The lowest BCUT2D eigenvalue weighted by atomic mass is 10.3. The largest absolute Gasteiger partial charge is 0.329 e. The fourth-order valence-corrected chi connectivity index (χ4v) is 2.04. The fourth-order valence-electron chi connectivity index (χ4n) is 0.628. The molecule has 66 valence electrons. The Morgan fingerprint density at radius 2 is 2.45 bits per heavy atom. The van der Waals surface area contributed by atoms with E-state index in [0.29, 0.717) is 6.61 Å². The molecular formula is C7H14BrO2P. The van der Waals surface area contributed by atoms with Gasteiger partial charge in [-0.05, 0) is 6.42 Å². The Balaban J connectivity index is 3.54. The third-order valence-electron chi connectivity index (χ3n) is 1.24. The lowest BCUT2D eigenvalue weighted by Crippen LogP contribution is -1.97. The van der Waals surface area contributed by atoms with Crippen LogP contribution in [0.2, 0.25) is 0 Å². The fraction of sp³-hybridized carbons (Fsp3) is 0.714. The van der Waals surface area contributed by atoms with Crippen LogP contribution in [0.25, 0.3) is 0 Å². The number of halogens is 1. The molecule has 0 aromatic carbocycles. The molecule has 4 heteroatoms. The molecule has 0 N–H and O–H groups in total. The van der Waals surface area contributed by atoms with E-state index in [4.69, 9.17) is 4.52 Å². The minimum absolute atomic E-state index is 0.122. The summed E-state index contributed by atoms with van der Waals surface area (Å²) in [4.78, 5) is 0. The summed E-state index contributed by atoms with van der Waals surface area (Å²) in [6.07, 6.45) is 2.53. The second-order valence-corrected chi connectivity index (χ2v) is 4.99. The normalized spacial score (nSPS) is 15.8. The summed E-state index contributed by atoms with van der Waals surface area (Å²) in [6.45, 7) is 6.02. The van der Waals surface area contributed by atoms with Gasteiger partial charge in [-0.3, -0.25) is 4.57 Å². The van der Waals surface area contributed by atoms with Gasteiger partial charge in [0.1, 0.15) is 0 Å². The highest BCUT2D eigenvalue weighted by Crippen LogP contribution is 2.31. The Bertz CT molecular complexity index is 138. The molecule has 0 amide bonds. The predicted octanol–water partition coefficient (Wildman–Crippen LogP) is 2.84. The van der Waals surface area contributed by atoms with E-state index >= 15 is 0 Å². The van der Waals surface area contributed by atoms with Crippen molar-refractivity contribution in [2.45, 2.75) is 19.0 Å². The van der Waals surface area contributed by atoms with E-state index in [1.165, 1.54) is 0 Å². The molecule has 0 spiro atoms. The molecule has 0 aliphatic rings. The van der Waals surface area contributed by atoms with Crippen molar-refractivity contribution in [3.8, 4) is 0 Å². The number of rotatable bonds is 6. The first kappa shape index (κ1) is 11.4. The van der Waals surface area contributed by atoms with Crippen LogP contribution in [0, 0.1) is 0 Å². The van der Waals surface area contributed by atoms with Gasteiger partial charge >= 0.3 is 0 Å². The zero-order valence-electron chi connectivity index (χ0n) is 6.68. The van der Waals surface area contributed by atoms with Crippen LogP contribution < -0.4 is 0 Å². The van der Waals surface area contributed by atoms with E-state index in [1.54, 1.807) is 6.08 Å². The van der Waals surface area contributed by atoms with Crippen LogP contribution in [0.15, 0.2) is 12.7 Å². The van der Waals surface area contributed by atoms with E-state index in [2.05, 4.69) is 22.5 Å². The predicted molar refractivity (Wildman–Crippen MR) is 53.0 cm³/mol. The second kappa shape index (κ2) is 7.08. The van der Waals surface area contributed by atoms with Crippen molar-refractivity contribution < 1.29 is 9.09 Å². The summed E-state index contributed by atoms with van der Waals surface area (Å²) >= 11 is 3.20. The van der Waals surface area contributed by atoms with Gasteiger partial charge in [-0.1, -0.05) is 28.9 Å². The van der Waals surface area contributed by atoms with E-state index in [-0.39, 0.29) is 5.66 Å². The minimum Gasteiger partial charge on any atom is -0.329 e. The molecule has 0 aromatic heterocycles. The minimum atomic E-state index is -1.84. The van der Waals surface area contributed by atoms with E-state index in [0.717, 1.165) is 11.8 Å². The Labute approximate surface area is 77.0 Å². The Kier molecular flexibility index (Phi) is 7.34. The van der Waals surface area contributed by atoms with Crippen LogP contribution in [-0.4, -0.2) is 17.6 Å². The van der Waals surface area contributed by atoms with Crippen molar-refractivity contribution in [1.29, 1.82) is 0 Å². The van der Waals surface area contributed by atoms with Crippen molar-refractivity contribution >= 4 is 24.0 Å². The van der Waals surface area contributed by atoms with Crippen LogP contribution in [0.4, 0.5) is 0 Å². The second-order valence-electron chi connectivity index (χ2n) is 2.28. The van der Waals surface area contributed by atoms with Crippen LogP contribution in [0.1, 0.15) is 13.3 Å². The van der Waals surface area contributed by atoms with Gasteiger partial charge in [0.15, 0.2) is 8.03 Å². The highest BCUT2D eigenvalue weighted by molar-refractivity contribution is 9.09. The van der Waals surface area contributed by atoms with Gasteiger partial charge in [0.25, 0.3) is 0 Å². The number of alkyl halides is 1. The summed E-state index contributed by atoms with van der Waals surface area (Å²) in [7, 11) is -1.84. The Morgan fingerprint density at radius 3 is 2.91 bits per heavy atom. The number of hydrogen-bond acceptors (Lipinski definition) is 2. The maximum Gasteiger partial charge on any atom is 0.194 e. The van der Waals surface area contributed by atoms with Crippen LogP contribution in [0.3, 0.4) is 0 Å². The zero-order valence-corrected chi connectivity index (χ0v) is 9.26. The molecule has 0 bridgehead atoms. The summed E-state index contributed by atoms with van der Waals surface area (Å²) < 4.78 is 16.2. The highest BCUT2D eigenvalue weighted by Gasteiger charge is 2.08. The van der Waals surface area contributed by atoms with E-state index < -0.39 is 8.03 Å². The molecule has 0 aliphatic heterocycles. The molecule has 2 unspecified atom stereocenters. The van der Waals surface area contributed by atoms with Crippen molar-refractivity contribution in [2.24, 2.45) is 0 Å². The van der Waals surface area contributed by atoms with Gasteiger partial charge < -0.3 is 4.52 Å². The van der Waals surface area contributed by atoms with E-state index in [9.17, 15) is 4.57 Å². The smallest absolute Gasteiger partial charge is 0.194 e. The van der Waals surface area contributed by atoms with Crippen LogP contribution in [-0.2, 0) is 9.09 Å². The molecule has 0 heterocycles. The average Bonchev–Trinajstić information content (AvgIpc) is 2.00. The summed E-state index contributed by atoms with van der Waals surface area (Å²) in [5.41, 5.74) is 0.122. The first-order valence-corrected chi connectivity index (χ1v) is 6.07. The molecule has 0 saturated heterocycles. The van der Waals surface area contributed by atoms with Gasteiger partial charge in [0.05, 0.1) is 6.61 Å². The quantitative estimate of drug-likeness (QED) is 0.406. The Hall–Kier alpha value is 0.410. The van der Waals surface area contributed by atoms with Gasteiger partial charge in [0, 0.05) is 11.0 Å². The molecule has 11 heavy (non-hydrogen) atoms.